The zero-order valence-electron chi connectivity index (χ0n) is 21.9. The summed E-state index contributed by atoms with van der Waals surface area (Å²) in [7, 11) is 2.01. The van der Waals surface area contributed by atoms with E-state index < -0.39 is 10.0 Å². The monoisotopic (exact) mass is 578 g/mol. The molecule has 38 heavy (non-hydrogen) atoms. The molecule has 0 unspecified atom stereocenters. The minimum Gasteiger partial charge on any atom is -0.491 e. The summed E-state index contributed by atoms with van der Waals surface area (Å²) in [4.78, 5) is 8.98. The lowest BCUT2D eigenvalue weighted by Crippen LogP contribution is -2.28. The summed E-state index contributed by atoms with van der Waals surface area (Å²) < 4.78 is 41.3. The highest BCUT2D eigenvalue weighted by Crippen LogP contribution is 2.33. The summed E-state index contributed by atoms with van der Waals surface area (Å²) in [5.74, 6) is 1.05. The smallest absolute Gasteiger partial charge is 0.263 e. The first-order chi connectivity index (χ1) is 18.0. The number of anilines is 1. The minimum absolute atomic E-state index is 0.0902. The van der Waals surface area contributed by atoms with Crippen LogP contribution in [0.3, 0.4) is 0 Å². The van der Waals surface area contributed by atoms with Crippen LogP contribution in [-0.4, -0.2) is 64.0 Å². The zero-order chi connectivity index (χ0) is 27.4. The predicted octanol–water partition coefficient (Wildman–Crippen LogP) is 5.00. The molecule has 0 bridgehead atoms. The second-order valence-electron chi connectivity index (χ2n) is 9.60. The van der Waals surface area contributed by atoms with Crippen molar-refractivity contribution in [3.05, 3.63) is 74.9 Å². The molecule has 1 aromatic heterocycles. The fourth-order valence-electron chi connectivity index (χ4n) is 4.08. The lowest BCUT2D eigenvalue weighted by molar-refractivity contribution is 0.260. The molecule has 0 saturated heterocycles. The summed E-state index contributed by atoms with van der Waals surface area (Å²) >= 11 is 12.5. The summed E-state index contributed by atoms with van der Waals surface area (Å²) in [5.41, 5.74) is 3.13. The minimum atomic E-state index is -3.97. The SMILES string of the molecule is Cc1c(Cl)cccc1S(=O)(=O)Nc1nc2c(cc1OCc1ccc(Cl)c(OCCN(C)C)c1)CN(C)CC2. The molecule has 0 spiro atoms. The third-order valence-electron chi connectivity index (χ3n) is 6.25. The van der Waals surface area contributed by atoms with E-state index in [9.17, 15) is 8.42 Å². The molecule has 0 atom stereocenters. The van der Waals surface area contributed by atoms with Crippen LogP contribution in [-0.2, 0) is 29.6 Å². The Morgan fingerprint density at radius 1 is 1.08 bits per heavy atom. The second kappa shape index (κ2) is 12.1. The van der Waals surface area contributed by atoms with E-state index in [1.807, 2.05) is 44.2 Å². The van der Waals surface area contributed by atoms with Gasteiger partial charge in [0.1, 0.15) is 19.0 Å². The Morgan fingerprint density at radius 2 is 1.87 bits per heavy atom. The van der Waals surface area contributed by atoms with Gasteiger partial charge in [-0.1, -0.05) is 35.3 Å². The first-order valence-corrected chi connectivity index (χ1v) is 14.5. The summed E-state index contributed by atoms with van der Waals surface area (Å²) in [6.07, 6.45) is 0.710. The third kappa shape index (κ3) is 6.90. The largest absolute Gasteiger partial charge is 0.491 e. The molecule has 0 fully saturated rings. The maximum Gasteiger partial charge on any atom is 0.263 e. The van der Waals surface area contributed by atoms with E-state index >= 15 is 0 Å². The number of nitrogens with zero attached hydrogens (tertiary/aromatic N) is 3. The van der Waals surface area contributed by atoms with Crippen LogP contribution in [0.4, 0.5) is 5.82 Å². The molecule has 0 saturated carbocycles. The van der Waals surface area contributed by atoms with Crippen molar-refractivity contribution in [3.63, 3.8) is 0 Å². The lowest BCUT2D eigenvalue weighted by Gasteiger charge is -2.26. The molecular weight excluding hydrogens is 547 g/mol. The van der Waals surface area contributed by atoms with Crippen LogP contribution < -0.4 is 14.2 Å². The van der Waals surface area contributed by atoms with Gasteiger partial charge >= 0.3 is 0 Å². The van der Waals surface area contributed by atoms with Crippen LogP contribution >= 0.6 is 23.2 Å². The number of sulfonamides is 1. The quantitative estimate of drug-likeness (QED) is 0.362. The first kappa shape index (κ1) is 28.4. The van der Waals surface area contributed by atoms with Gasteiger partial charge in [0.15, 0.2) is 11.6 Å². The third-order valence-corrected chi connectivity index (χ3v) is 8.46. The van der Waals surface area contributed by atoms with Gasteiger partial charge in [0.25, 0.3) is 10.0 Å². The molecule has 0 radical (unpaired) electrons. The maximum absolute atomic E-state index is 13.3. The van der Waals surface area contributed by atoms with Gasteiger partial charge in [-0.2, -0.15) is 0 Å². The average molecular weight is 580 g/mol. The fraction of sp³-hybridized carbons (Fsp3) is 0.370. The van der Waals surface area contributed by atoms with Gasteiger partial charge in [-0.05, 0) is 75.1 Å². The van der Waals surface area contributed by atoms with Crippen molar-refractivity contribution in [3.8, 4) is 11.5 Å². The van der Waals surface area contributed by atoms with E-state index in [1.54, 1.807) is 25.1 Å². The van der Waals surface area contributed by atoms with Crippen molar-refractivity contribution in [2.75, 3.05) is 45.6 Å². The molecule has 1 aliphatic rings. The maximum atomic E-state index is 13.3. The van der Waals surface area contributed by atoms with Gasteiger partial charge < -0.3 is 19.3 Å². The number of nitrogens with one attached hydrogen (secondary N) is 1. The normalized spacial score (nSPS) is 13.9. The first-order valence-electron chi connectivity index (χ1n) is 12.2. The Labute approximate surface area is 234 Å². The molecule has 2 aromatic carbocycles. The number of benzene rings is 2. The standard InChI is InChI=1S/C27H32Cl2N4O4S/c1-18-21(28)6-5-7-26(18)38(34,35)31-27-25(15-20-16-33(4)11-10-23(20)30-27)37-17-19-8-9-22(29)24(14-19)36-13-12-32(2)3/h5-9,14-15H,10-13,16-17H2,1-4H3,(H,30,31). The number of likely N-dealkylation sites (N-methyl/N-ethyl adjacent to an activating group) is 2. The fourth-order valence-corrected chi connectivity index (χ4v) is 5.77. The Bertz CT molecular complexity index is 1420. The van der Waals surface area contributed by atoms with Gasteiger partial charge in [-0.3, -0.25) is 4.72 Å². The van der Waals surface area contributed by atoms with Crippen LogP contribution in [0.2, 0.25) is 10.0 Å². The molecule has 204 valence electrons. The summed E-state index contributed by atoms with van der Waals surface area (Å²) in [6.45, 7) is 4.62. The highest BCUT2D eigenvalue weighted by atomic mass is 35.5. The van der Waals surface area contributed by atoms with E-state index in [4.69, 9.17) is 32.7 Å². The van der Waals surface area contributed by atoms with E-state index in [0.29, 0.717) is 46.7 Å². The molecule has 3 aromatic rings. The number of fused-ring (bicyclic) bond motifs is 1. The van der Waals surface area contributed by atoms with Crippen molar-refractivity contribution in [1.29, 1.82) is 0 Å². The zero-order valence-corrected chi connectivity index (χ0v) is 24.3. The molecule has 4 rings (SSSR count). The average Bonchev–Trinajstić information content (AvgIpc) is 2.85. The van der Waals surface area contributed by atoms with Crippen LogP contribution in [0.15, 0.2) is 47.4 Å². The van der Waals surface area contributed by atoms with Crippen molar-refractivity contribution < 1.29 is 17.9 Å². The molecule has 0 aliphatic carbocycles. The second-order valence-corrected chi connectivity index (χ2v) is 12.1. The number of ether oxygens (including phenoxy) is 2. The van der Waals surface area contributed by atoms with Crippen molar-refractivity contribution in [2.24, 2.45) is 0 Å². The van der Waals surface area contributed by atoms with Gasteiger partial charge in [-0.15, -0.1) is 0 Å². The summed E-state index contributed by atoms with van der Waals surface area (Å²) in [5, 5.41) is 0.883. The molecule has 0 amide bonds. The molecular formula is C27H32Cl2N4O4S. The Hall–Kier alpha value is -2.56. The summed E-state index contributed by atoms with van der Waals surface area (Å²) in [6, 6.07) is 12.1. The van der Waals surface area contributed by atoms with Gasteiger partial charge in [0.2, 0.25) is 0 Å². The van der Waals surface area contributed by atoms with Crippen LogP contribution in [0.5, 0.6) is 11.5 Å². The number of aromatic nitrogens is 1. The Kier molecular flexibility index (Phi) is 9.05. The van der Waals surface area contributed by atoms with E-state index in [1.165, 1.54) is 6.07 Å². The molecule has 1 aliphatic heterocycles. The molecule has 11 heteroatoms. The Morgan fingerprint density at radius 3 is 2.63 bits per heavy atom. The van der Waals surface area contributed by atoms with Crippen LogP contribution in [0, 0.1) is 6.92 Å². The number of hydrogen-bond donors (Lipinski definition) is 1. The van der Waals surface area contributed by atoms with Crippen LogP contribution in [0.25, 0.3) is 0 Å². The number of halogens is 2. The van der Waals surface area contributed by atoms with Gasteiger partial charge in [-0.25, -0.2) is 13.4 Å². The Balaban J connectivity index is 1.61. The lowest BCUT2D eigenvalue weighted by atomic mass is 10.1. The van der Waals surface area contributed by atoms with Gasteiger partial charge in [0, 0.05) is 36.8 Å². The van der Waals surface area contributed by atoms with E-state index in [2.05, 4.69) is 14.6 Å². The number of hydrogen-bond acceptors (Lipinski definition) is 7. The van der Waals surface area contributed by atoms with Crippen molar-refractivity contribution >= 4 is 39.0 Å². The van der Waals surface area contributed by atoms with Gasteiger partial charge in [0.05, 0.1) is 9.92 Å². The van der Waals surface area contributed by atoms with E-state index in [0.717, 1.165) is 29.9 Å². The number of rotatable bonds is 10. The van der Waals surface area contributed by atoms with Crippen molar-refractivity contribution in [1.82, 2.24) is 14.8 Å². The highest BCUT2D eigenvalue weighted by Gasteiger charge is 2.24. The molecule has 8 nitrogen and oxygen atoms in total. The van der Waals surface area contributed by atoms with Crippen molar-refractivity contribution in [2.45, 2.75) is 31.4 Å². The molecule has 1 N–H and O–H groups in total. The topological polar surface area (TPSA) is 84.0 Å². The van der Waals surface area contributed by atoms with E-state index in [-0.39, 0.29) is 17.3 Å². The highest BCUT2D eigenvalue weighted by molar-refractivity contribution is 7.92. The molecule has 2 heterocycles. The number of pyridine rings is 1. The predicted molar refractivity (Wildman–Crippen MR) is 151 cm³/mol. The van der Waals surface area contributed by atoms with Crippen LogP contribution in [0.1, 0.15) is 22.4 Å².